The van der Waals surface area contributed by atoms with E-state index in [2.05, 4.69) is 25.7 Å². The molecule has 0 aliphatic carbocycles. The maximum atomic E-state index is 12.1. The largest absolute Gasteiger partial charge is 0.495 e. The average Bonchev–Trinajstić information content (AvgIpc) is 2.62. The summed E-state index contributed by atoms with van der Waals surface area (Å²) in [6, 6.07) is 6.94. The van der Waals surface area contributed by atoms with Crippen molar-refractivity contribution in [2.75, 3.05) is 39.6 Å². The molecule has 2 aromatic rings. The summed E-state index contributed by atoms with van der Waals surface area (Å²) in [6.45, 7) is 3.42. The van der Waals surface area contributed by atoms with Gasteiger partial charge in [0.1, 0.15) is 5.75 Å². The summed E-state index contributed by atoms with van der Waals surface area (Å²) >= 11 is 6.11. The Morgan fingerprint density at radius 3 is 2.65 bits per heavy atom. The molecule has 1 amide bonds. The van der Waals surface area contributed by atoms with Gasteiger partial charge in [0.2, 0.25) is 0 Å². The lowest BCUT2D eigenvalue weighted by Gasteiger charge is -2.12. The SMILES string of the molecule is COc1cc(Cl)c(C)cc1Nc1ccc(C(=O)NCCCN(C)C)nn1. The first-order chi connectivity index (χ1) is 12.4. The van der Waals surface area contributed by atoms with Crippen LogP contribution in [0.3, 0.4) is 0 Å². The maximum Gasteiger partial charge on any atom is 0.271 e. The highest BCUT2D eigenvalue weighted by atomic mass is 35.5. The van der Waals surface area contributed by atoms with Gasteiger partial charge in [0, 0.05) is 17.6 Å². The van der Waals surface area contributed by atoms with Gasteiger partial charge in [-0.05, 0) is 57.7 Å². The lowest BCUT2D eigenvalue weighted by molar-refractivity contribution is 0.0946. The zero-order chi connectivity index (χ0) is 19.1. The summed E-state index contributed by atoms with van der Waals surface area (Å²) in [5, 5.41) is 14.6. The molecule has 2 rings (SSSR count). The molecule has 0 aliphatic heterocycles. The van der Waals surface area contributed by atoms with Crippen molar-refractivity contribution in [1.82, 2.24) is 20.4 Å². The minimum absolute atomic E-state index is 0.234. The fourth-order valence-corrected chi connectivity index (χ4v) is 2.43. The second-order valence-electron chi connectivity index (χ2n) is 6.14. The van der Waals surface area contributed by atoms with Crippen molar-refractivity contribution in [3.8, 4) is 5.75 Å². The van der Waals surface area contributed by atoms with Gasteiger partial charge in [-0.2, -0.15) is 0 Å². The summed E-state index contributed by atoms with van der Waals surface area (Å²) in [6.07, 6.45) is 0.877. The third-order valence-corrected chi connectivity index (χ3v) is 4.12. The Balaban J connectivity index is 1.99. The van der Waals surface area contributed by atoms with Crippen LogP contribution in [0.5, 0.6) is 5.75 Å². The molecule has 1 heterocycles. The van der Waals surface area contributed by atoms with E-state index >= 15 is 0 Å². The van der Waals surface area contributed by atoms with Crippen LogP contribution in [-0.4, -0.2) is 55.3 Å². The highest BCUT2D eigenvalue weighted by Crippen LogP contribution is 2.32. The number of methoxy groups -OCH3 is 1. The van der Waals surface area contributed by atoms with E-state index in [-0.39, 0.29) is 11.6 Å². The van der Waals surface area contributed by atoms with Gasteiger partial charge in [0.05, 0.1) is 12.8 Å². The number of aryl methyl sites for hydroxylation is 1. The molecule has 8 heteroatoms. The van der Waals surface area contributed by atoms with Crippen molar-refractivity contribution in [3.05, 3.63) is 40.5 Å². The van der Waals surface area contributed by atoms with Crippen LogP contribution >= 0.6 is 11.6 Å². The monoisotopic (exact) mass is 377 g/mol. The zero-order valence-corrected chi connectivity index (χ0v) is 16.2. The molecule has 0 aliphatic rings. The second kappa shape index (κ2) is 9.35. The number of nitrogens with zero attached hydrogens (tertiary/aromatic N) is 3. The minimum Gasteiger partial charge on any atom is -0.495 e. The van der Waals surface area contributed by atoms with Crippen LogP contribution in [0, 0.1) is 6.92 Å². The molecule has 0 radical (unpaired) electrons. The Kier molecular flexibility index (Phi) is 7.17. The van der Waals surface area contributed by atoms with Crippen LogP contribution in [-0.2, 0) is 0 Å². The number of halogens is 1. The normalized spacial score (nSPS) is 10.7. The van der Waals surface area contributed by atoms with Crippen LogP contribution in [0.2, 0.25) is 5.02 Å². The van der Waals surface area contributed by atoms with Crippen molar-refractivity contribution >= 4 is 29.0 Å². The van der Waals surface area contributed by atoms with E-state index in [0.29, 0.717) is 23.1 Å². The lowest BCUT2D eigenvalue weighted by atomic mass is 10.2. The van der Waals surface area contributed by atoms with Gasteiger partial charge in [-0.15, -0.1) is 10.2 Å². The average molecular weight is 378 g/mol. The molecule has 0 spiro atoms. The number of benzene rings is 1. The van der Waals surface area contributed by atoms with E-state index in [1.54, 1.807) is 25.3 Å². The zero-order valence-electron chi connectivity index (χ0n) is 15.5. The van der Waals surface area contributed by atoms with Crippen molar-refractivity contribution in [3.63, 3.8) is 0 Å². The van der Waals surface area contributed by atoms with Crippen LogP contribution in [0.15, 0.2) is 24.3 Å². The maximum absolute atomic E-state index is 12.1. The Hall–Kier alpha value is -2.38. The van der Waals surface area contributed by atoms with Crippen molar-refractivity contribution < 1.29 is 9.53 Å². The van der Waals surface area contributed by atoms with E-state index < -0.39 is 0 Å². The van der Waals surface area contributed by atoms with Crippen LogP contribution in [0.25, 0.3) is 0 Å². The molecule has 1 aromatic heterocycles. The number of carbonyl (C=O) groups excluding carboxylic acids is 1. The number of carbonyl (C=O) groups is 1. The van der Waals surface area contributed by atoms with Crippen LogP contribution in [0.1, 0.15) is 22.5 Å². The molecule has 0 saturated heterocycles. The number of hydrogen-bond donors (Lipinski definition) is 2. The van der Waals surface area contributed by atoms with Crippen LogP contribution < -0.4 is 15.4 Å². The quantitative estimate of drug-likeness (QED) is 0.688. The molecule has 140 valence electrons. The first kappa shape index (κ1) is 19.9. The van der Waals surface area contributed by atoms with Gasteiger partial charge in [-0.1, -0.05) is 11.6 Å². The molecule has 2 N–H and O–H groups in total. The van der Waals surface area contributed by atoms with Crippen molar-refractivity contribution in [2.45, 2.75) is 13.3 Å². The molecular formula is C18H24ClN5O2. The summed E-state index contributed by atoms with van der Waals surface area (Å²) in [7, 11) is 5.56. The highest BCUT2D eigenvalue weighted by Gasteiger charge is 2.10. The Bertz CT molecular complexity index is 750. The third-order valence-electron chi connectivity index (χ3n) is 3.71. The molecule has 0 atom stereocenters. The van der Waals surface area contributed by atoms with Crippen LogP contribution in [0.4, 0.5) is 11.5 Å². The third kappa shape index (κ3) is 5.57. The van der Waals surface area contributed by atoms with E-state index in [1.807, 2.05) is 27.1 Å². The van der Waals surface area contributed by atoms with E-state index in [4.69, 9.17) is 16.3 Å². The molecule has 26 heavy (non-hydrogen) atoms. The number of aromatic nitrogens is 2. The molecular weight excluding hydrogens is 354 g/mol. The fraction of sp³-hybridized carbons (Fsp3) is 0.389. The van der Waals surface area contributed by atoms with E-state index in [1.165, 1.54) is 0 Å². The van der Waals surface area contributed by atoms with Crippen molar-refractivity contribution in [1.29, 1.82) is 0 Å². The summed E-state index contributed by atoms with van der Waals surface area (Å²) in [5.74, 6) is 0.877. The Morgan fingerprint density at radius 2 is 2.04 bits per heavy atom. The van der Waals surface area contributed by atoms with Gasteiger partial charge in [0.25, 0.3) is 5.91 Å². The summed E-state index contributed by atoms with van der Waals surface area (Å²) in [4.78, 5) is 14.1. The number of amides is 1. The first-order valence-electron chi connectivity index (χ1n) is 8.28. The van der Waals surface area contributed by atoms with Crippen molar-refractivity contribution in [2.24, 2.45) is 0 Å². The Morgan fingerprint density at radius 1 is 1.27 bits per heavy atom. The first-order valence-corrected chi connectivity index (χ1v) is 8.66. The number of anilines is 2. The molecule has 0 unspecified atom stereocenters. The highest BCUT2D eigenvalue weighted by molar-refractivity contribution is 6.31. The Labute approximate surface area is 158 Å². The smallest absolute Gasteiger partial charge is 0.271 e. The summed E-state index contributed by atoms with van der Waals surface area (Å²) in [5.41, 5.74) is 1.92. The molecule has 0 fully saturated rings. The number of hydrogen-bond acceptors (Lipinski definition) is 6. The predicted molar refractivity (Wildman–Crippen MR) is 104 cm³/mol. The van der Waals surface area contributed by atoms with E-state index in [9.17, 15) is 4.79 Å². The second-order valence-corrected chi connectivity index (χ2v) is 6.55. The van der Waals surface area contributed by atoms with Gasteiger partial charge < -0.3 is 20.3 Å². The fourth-order valence-electron chi connectivity index (χ4n) is 2.28. The molecule has 1 aromatic carbocycles. The number of ether oxygens (including phenoxy) is 1. The van der Waals surface area contributed by atoms with Gasteiger partial charge in [0.15, 0.2) is 11.5 Å². The molecule has 0 bridgehead atoms. The van der Waals surface area contributed by atoms with Gasteiger partial charge >= 0.3 is 0 Å². The minimum atomic E-state index is -0.234. The van der Waals surface area contributed by atoms with Gasteiger partial charge in [-0.3, -0.25) is 4.79 Å². The number of rotatable bonds is 8. The van der Waals surface area contributed by atoms with Gasteiger partial charge in [-0.25, -0.2) is 0 Å². The predicted octanol–water partition coefficient (Wildman–Crippen LogP) is 2.87. The number of nitrogens with one attached hydrogen (secondary N) is 2. The lowest BCUT2D eigenvalue weighted by Crippen LogP contribution is -2.28. The van der Waals surface area contributed by atoms with E-state index in [0.717, 1.165) is 24.2 Å². The molecule has 0 saturated carbocycles. The summed E-state index contributed by atoms with van der Waals surface area (Å²) < 4.78 is 5.32. The topological polar surface area (TPSA) is 79.4 Å². The molecule has 7 nitrogen and oxygen atoms in total. The standard InChI is InChI=1S/C18H24ClN5O2/c1-12-10-15(16(26-4)11-13(12)19)21-17-7-6-14(22-23-17)18(25)20-8-5-9-24(2)3/h6-7,10-11H,5,8-9H2,1-4H3,(H,20,25)(H,21,23).